The fourth-order valence-electron chi connectivity index (χ4n) is 5.67. The zero-order valence-corrected chi connectivity index (χ0v) is 23.2. The van der Waals surface area contributed by atoms with Crippen LogP contribution in [0.2, 0.25) is 5.02 Å². The molecule has 8 heteroatoms. The summed E-state index contributed by atoms with van der Waals surface area (Å²) < 4.78 is 7.89. The van der Waals surface area contributed by atoms with Crippen LogP contribution in [-0.2, 0) is 13.6 Å². The van der Waals surface area contributed by atoms with Gasteiger partial charge in [-0.25, -0.2) is 0 Å². The van der Waals surface area contributed by atoms with Gasteiger partial charge in [0.1, 0.15) is 11.4 Å². The van der Waals surface area contributed by atoms with Crippen molar-refractivity contribution in [2.24, 2.45) is 7.05 Å². The molecule has 202 valence electrons. The van der Waals surface area contributed by atoms with E-state index in [1.54, 1.807) is 4.68 Å². The van der Waals surface area contributed by atoms with Crippen LogP contribution in [0.15, 0.2) is 54.6 Å². The topological polar surface area (TPSA) is 53.8 Å². The zero-order valence-electron chi connectivity index (χ0n) is 22.5. The first-order chi connectivity index (χ1) is 18.5. The first-order valence-corrected chi connectivity index (χ1v) is 14.1. The summed E-state index contributed by atoms with van der Waals surface area (Å²) in [7, 11) is 1.84. The number of benzene rings is 2. The molecule has 7 nitrogen and oxygen atoms in total. The Morgan fingerprint density at radius 1 is 1.03 bits per heavy atom. The molecule has 3 heterocycles. The van der Waals surface area contributed by atoms with Gasteiger partial charge in [0.25, 0.3) is 5.91 Å². The zero-order chi connectivity index (χ0) is 26.5. The third-order valence-electron chi connectivity index (χ3n) is 7.68. The second kappa shape index (κ2) is 12.2. The van der Waals surface area contributed by atoms with Crippen molar-refractivity contribution in [1.82, 2.24) is 19.6 Å². The molecule has 0 saturated carbocycles. The summed E-state index contributed by atoms with van der Waals surface area (Å²) in [6, 6.07) is 18.6. The van der Waals surface area contributed by atoms with Gasteiger partial charge < -0.3 is 14.5 Å². The number of piperidine rings is 1. The van der Waals surface area contributed by atoms with Crippen molar-refractivity contribution in [2.75, 3.05) is 44.2 Å². The highest BCUT2D eigenvalue weighted by molar-refractivity contribution is 6.30. The average molecular weight is 536 g/mol. The predicted molar refractivity (Wildman–Crippen MR) is 152 cm³/mol. The molecule has 2 saturated heterocycles. The fraction of sp³-hybridized carbons (Fsp3) is 0.467. The summed E-state index contributed by atoms with van der Waals surface area (Å²) in [5, 5.41) is 5.14. The molecule has 0 unspecified atom stereocenters. The molecule has 0 aliphatic carbocycles. The van der Waals surface area contributed by atoms with E-state index < -0.39 is 0 Å². The van der Waals surface area contributed by atoms with Gasteiger partial charge >= 0.3 is 0 Å². The minimum atomic E-state index is 0.0789. The van der Waals surface area contributed by atoms with Crippen molar-refractivity contribution in [1.29, 1.82) is 0 Å². The number of carbonyl (C=O) groups excluding carboxylic acids is 1. The molecule has 2 aliphatic rings. The van der Waals surface area contributed by atoms with Crippen LogP contribution in [0.1, 0.15) is 47.4 Å². The number of hydrogen-bond acceptors (Lipinski definition) is 5. The highest BCUT2D eigenvalue weighted by Crippen LogP contribution is 2.24. The number of likely N-dealkylation sites (tertiary alicyclic amines) is 1. The summed E-state index contributed by atoms with van der Waals surface area (Å²) in [5.74, 6) is 0.978. The molecule has 0 bridgehead atoms. The molecule has 2 aromatic carbocycles. The number of aryl methyl sites for hydroxylation is 2. The maximum atomic E-state index is 13.2. The lowest BCUT2D eigenvalue weighted by Crippen LogP contribution is -2.45. The number of amides is 1. The first kappa shape index (κ1) is 26.6. The summed E-state index contributed by atoms with van der Waals surface area (Å²) in [6.07, 6.45) is 4.06. The molecule has 38 heavy (non-hydrogen) atoms. The Morgan fingerprint density at radius 2 is 1.84 bits per heavy atom. The number of anilines is 1. The standard InChI is InChI=1S/C30H38ClN5O2/c1-23-19-29(33(2)32-23)30(37)36-13-4-3-9-26(36)12-18-38-28-11-5-7-24(20-28)22-34-14-16-35(17-15-34)27-10-6-8-25(31)21-27/h5-8,10-11,19-21,26H,3-4,9,12-18,22H2,1-2H3/t26-/m1/s1. The number of hydrogen-bond donors (Lipinski definition) is 0. The Kier molecular flexibility index (Phi) is 8.55. The first-order valence-electron chi connectivity index (χ1n) is 13.7. The van der Waals surface area contributed by atoms with Crippen LogP contribution in [0.5, 0.6) is 5.75 Å². The predicted octanol–water partition coefficient (Wildman–Crippen LogP) is 5.17. The molecule has 2 aliphatic heterocycles. The second-order valence-corrected chi connectivity index (χ2v) is 10.9. The molecule has 5 rings (SSSR count). The van der Waals surface area contributed by atoms with Crippen LogP contribution >= 0.6 is 11.6 Å². The minimum Gasteiger partial charge on any atom is -0.494 e. The van der Waals surface area contributed by atoms with Gasteiger partial charge in [0.15, 0.2) is 0 Å². The molecule has 1 aromatic heterocycles. The molecule has 0 N–H and O–H groups in total. The Morgan fingerprint density at radius 3 is 2.61 bits per heavy atom. The number of rotatable bonds is 8. The van der Waals surface area contributed by atoms with Crippen molar-refractivity contribution in [2.45, 2.75) is 45.2 Å². The van der Waals surface area contributed by atoms with Crippen LogP contribution in [0.4, 0.5) is 5.69 Å². The lowest BCUT2D eigenvalue weighted by molar-refractivity contribution is 0.0569. The lowest BCUT2D eigenvalue weighted by Gasteiger charge is -2.36. The number of aromatic nitrogens is 2. The average Bonchev–Trinajstić information content (AvgIpc) is 3.27. The van der Waals surface area contributed by atoms with E-state index in [1.807, 2.05) is 49.2 Å². The quantitative estimate of drug-likeness (QED) is 0.398. The van der Waals surface area contributed by atoms with Gasteiger partial charge in [0, 0.05) is 69.5 Å². The maximum absolute atomic E-state index is 13.2. The lowest BCUT2D eigenvalue weighted by atomic mass is 9.99. The number of carbonyl (C=O) groups is 1. The molecule has 1 amide bonds. The van der Waals surface area contributed by atoms with Crippen LogP contribution in [0, 0.1) is 6.92 Å². The largest absolute Gasteiger partial charge is 0.494 e. The van der Waals surface area contributed by atoms with Crippen molar-refractivity contribution in [3.63, 3.8) is 0 Å². The van der Waals surface area contributed by atoms with Crippen LogP contribution in [0.3, 0.4) is 0 Å². The molecular weight excluding hydrogens is 498 g/mol. The molecule has 3 aromatic rings. The van der Waals surface area contributed by atoms with Crippen molar-refractivity contribution >= 4 is 23.2 Å². The number of piperazine rings is 1. The summed E-state index contributed by atoms with van der Waals surface area (Å²) in [4.78, 5) is 20.2. The van der Waals surface area contributed by atoms with E-state index in [0.717, 1.165) is 81.4 Å². The number of nitrogens with zero attached hydrogens (tertiary/aromatic N) is 5. The van der Waals surface area contributed by atoms with E-state index in [0.29, 0.717) is 12.3 Å². The van der Waals surface area contributed by atoms with Gasteiger partial charge in [0.05, 0.1) is 12.3 Å². The molecule has 0 radical (unpaired) electrons. The maximum Gasteiger partial charge on any atom is 0.272 e. The van der Waals surface area contributed by atoms with Crippen molar-refractivity contribution in [3.05, 3.63) is 76.6 Å². The van der Waals surface area contributed by atoms with E-state index in [2.05, 4.69) is 39.2 Å². The molecular formula is C30H38ClN5O2. The number of halogens is 1. The highest BCUT2D eigenvalue weighted by atomic mass is 35.5. The van der Waals surface area contributed by atoms with Gasteiger partial charge in [-0.05, 0) is 68.1 Å². The van der Waals surface area contributed by atoms with Crippen LogP contribution in [-0.4, -0.2) is 70.9 Å². The van der Waals surface area contributed by atoms with Crippen LogP contribution in [0.25, 0.3) is 0 Å². The monoisotopic (exact) mass is 535 g/mol. The van der Waals surface area contributed by atoms with Crippen molar-refractivity contribution in [3.8, 4) is 5.75 Å². The van der Waals surface area contributed by atoms with E-state index in [4.69, 9.17) is 16.3 Å². The minimum absolute atomic E-state index is 0.0789. The van der Waals surface area contributed by atoms with E-state index in [1.165, 1.54) is 11.3 Å². The molecule has 1 atom stereocenters. The Balaban J connectivity index is 1.11. The van der Waals surface area contributed by atoms with Gasteiger partial charge in [-0.2, -0.15) is 5.10 Å². The summed E-state index contributed by atoms with van der Waals surface area (Å²) in [5.41, 5.74) is 3.99. The normalized spacial score (nSPS) is 18.6. The van der Waals surface area contributed by atoms with Crippen LogP contribution < -0.4 is 9.64 Å². The SMILES string of the molecule is Cc1cc(C(=O)N2CCCC[C@@H]2CCOc2cccc(CN3CCN(c4cccc(Cl)c4)CC3)c2)n(C)n1. The smallest absolute Gasteiger partial charge is 0.272 e. The Hall–Kier alpha value is -3.03. The van der Waals surface area contributed by atoms with Gasteiger partial charge in [-0.15, -0.1) is 0 Å². The highest BCUT2D eigenvalue weighted by Gasteiger charge is 2.29. The van der Waals surface area contributed by atoms with Crippen molar-refractivity contribution < 1.29 is 9.53 Å². The number of ether oxygens (including phenoxy) is 1. The third-order valence-corrected chi connectivity index (χ3v) is 7.91. The molecule has 0 spiro atoms. The van der Waals surface area contributed by atoms with E-state index in [-0.39, 0.29) is 11.9 Å². The summed E-state index contributed by atoms with van der Waals surface area (Å²) >= 11 is 6.18. The van der Waals surface area contributed by atoms with Gasteiger partial charge in [-0.1, -0.05) is 29.8 Å². The fourth-order valence-corrected chi connectivity index (χ4v) is 5.85. The molecule has 2 fully saturated rings. The Labute approximate surface area is 230 Å². The van der Waals surface area contributed by atoms with E-state index in [9.17, 15) is 4.79 Å². The van der Waals surface area contributed by atoms with E-state index >= 15 is 0 Å². The third kappa shape index (κ3) is 6.51. The van der Waals surface area contributed by atoms with Gasteiger partial charge in [-0.3, -0.25) is 14.4 Å². The van der Waals surface area contributed by atoms with Gasteiger partial charge in [0.2, 0.25) is 0 Å². The second-order valence-electron chi connectivity index (χ2n) is 10.5. The summed E-state index contributed by atoms with van der Waals surface area (Å²) in [6.45, 7) is 8.24. The Bertz CT molecular complexity index is 1240.